The van der Waals surface area contributed by atoms with Crippen molar-refractivity contribution in [3.8, 4) is 0 Å². The van der Waals surface area contributed by atoms with Crippen LogP contribution >= 0.6 is 0 Å². The van der Waals surface area contributed by atoms with E-state index in [1.807, 2.05) is 0 Å². The average Bonchev–Trinajstić information content (AvgIpc) is 2.40. The maximum absolute atomic E-state index is 2.69. The summed E-state index contributed by atoms with van der Waals surface area (Å²) in [6.45, 7) is 14.2. The molecule has 0 aliphatic heterocycles. The van der Waals surface area contributed by atoms with Gasteiger partial charge in [-0.2, -0.15) is 0 Å². The topological polar surface area (TPSA) is 3.24 Å². The zero-order chi connectivity index (χ0) is 14.5. The third-order valence-electron chi connectivity index (χ3n) is 4.49. The minimum absolute atomic E-state index is 0.871. The molecule has 1 nitrogen and oxygen atoms in total. The van der Waals surface area contributed by atoms with E-state index in [1.54, 1.807) is 12.5 Å². The van der Waals surface area contributed by atoms with Crippen molar-refractivity contribution in [1.29, 1.82) is 0 Å². The molecule has 0 saturated heterocycles. The second kappa shape index (κ2) is 13.8. The van der Waals surface area contributed by atoms with Crippen molar-refractivity contribution in [1.82, 2.24) is 4.90 Å². The van der Waals surface area contributed by atoms with Crippen LogP contribution in [0.1, 0.15) is 73.1 Å². The Morgan fingerprint density at radius 1 is 0.737 bits per heavy atom. The molecule has 0 aromatic rings. The van der Waals surface area contributed by atoms with E-state index < -0.39 is 21.4 Å². The molecule has 0 N–H and O–H groups in total. The fourth-order valence-corrected chi connectivity index (χ4v) is 12.9. The molecular weight excluding hydrogens is 333 g/mol. The summed E-state index contributed by atoms with van der Waals surface area (Å²) in [5, 5.41) is 0. The van der Waals surface area contributed by atoms with Crippen LogP contribution in [0.2, 0.25) is 12.5 Å². The Morgan fingerprint density at radius 2 is 1.32 bits per heavy atom. The van der Waals surface area contributed by atoms with Crippen molar-refractivity contribution in [2.75, 3.05) is 13.1 Å². The molecule has 0 aromatic carbocycles. The number of hydrogen-bond donors (Lipinski definition) is 0. The van der Waals surface area contributed by atoms with Gasteiger partial charge in [0.05, 0.1) is 0 Å². The molecule has 0 fully saturated rings. The summed E-state index contributed by atoms with van der Waals surface area (Å²) in [5.41, 5.74) is 0. The number of hydrogen-bond acceptors (Lipinski definition) is 1. The summed E-state index contributed by atoms with van der Waals surface area (Å²) >= 11 is -1.08. The van der Waals surface area contributed by atoms with Gasteiger partial charge in [-0.25, -0.2) is 0 Å². The van der Waals surface area contributed by atoms with Crippen molar-refractivity contribution in [3.63, 3.8) is 0 Å². The fraction of sp³-hybridized carbons (Fsp3) is 1.00. The Bertz CT molecular complexity index is 174. The van der Waals surface area contributed by atoms with Gasteiger partial charge in [0.1, 0.15) is 0 Å². The molecule has 0 heterocycles. The first-order valence-electron chi connectivity index (χ1n) is 8.97. The molecule has 19 heavy (non-hydrogen) atoms. The van der Waals surface area contributed by atoms with Crippen LogP contribution in [-0.4, -0.2) is 45.5 Å². The summed E-state index contributed by atoms with van der Waals surface area (Å²) < 4.78 is 4.98. The third kappa shape index (κ3) is 9.39. The molecule has 1 unspecified atom stereocenters. The van der Waals surface area contributed by atoms with E-state index in [-0.39, 0.29) is 0 Å². The van der Waals surface area contributed by atoms with Crippen molar-refractivity contribution in [3.05, 3.63) is 0 Å². The van der Waals surface area contributed by atoms with E-state index in [9.17, 15) is 0 Å². The van der Waals surface area contributed by atoms with Crippen molar-refractivity contribution < 1.29 is 0 Å². The molecule has 0 bridgehead atoms. The minimum atomic E-state index is -1.08. The molecule has 0 aromatic heterocycles. The third-order valence-corrected chi connectivity index (χ3v) is 15.9. The first-order valence-corrected chi connectivity index (χ1v) is 16.0. The number of rotatable bonds is 13. The summed E-state index contributed by atoms with van der Waals surface area (Å²) in [5.74, 6) is 0. The van der Waals surface area contributed by atoms with Crippen molar-refractivity contribution in [2.24, 2.45) is 0 Å². The van der Waals surface area contributed by atoms with Gasteiger partial charge in [0.25, 0.3) is 0 Å². The Hall–Kier alpha value is 0.830. The summed E-state index contributed by atoms with van der Waals surface area (Å²) in [4.78, 5) is 2.69. The molecule has 0 spiro atoms. The monoisotopic (exact) mass is 371 g/mol. The van der Waals surface area contributed by atoms with Crippen LogP contribution in [0.15, 0.2) is 0 Å². The predicted octanol–water partition coefficient (Wildman–Crippen LogP) is 5.59. The summed E-state index contributed by atoms with van der Waals surface area (Å²) in [6.07, 6.45) is 8.66. The van der Waals surface area contributed by atoms with Gasteiger partial charge < -0.3 is 0 Å². The molecule has 0 rings (SSSR count). The van der Waals surface area contributed by atoms with Crippen LogP contribution in [0.25, 0.3) is 0 Å². The Balaban J connectivity index is 4.07. The summed E-state index contributed by atoms with van der Waals surface area (Å²) in [6, 6.07) is 0.871. The van der Waals surface area contributed by atoms with E-state index in [0.29, 0.717) is 0 Å². The second-order valence-electron chi connectivity index (χ2n) is 6.04. The van der Waals surface area contributed by atoms with Crippen LogP contribution in [0.5, 0.6) is 0 Å². The van der Waals surface area contributed by atoms with Crippen LogP contribution in [0, 0.1) is 0 Å². The maximum atomic E-state index is 2.69. The van der Waals surface area contributed by atoms with Crippen LogP contribution in [0.4, 0.5) is 0 Å². The zero-order valence-corrected chi connectivity index (χ0v) is 17.7. The van der Waals surface area contributed by atoms with Crippen LogP contribution < -0.4 is 0 Å². The van der Waals surface area contributed by atoms with Gasteiger partial charge in [-0.3, -0.25) is 0 Å². The second-order valence-corrected chi connectivity index (χ2v) is 15.9. The Labute approximate surface area is 131 Å². The molecule has 0 aliphatic rings. The fourth-order valence-electron chi connectivity index (χ4n) is 3.47. The van der Waals surface area contributed by atoms with Crippen molar-refractivity contribution in [2.45, 2.75) is 91.7 Å². The van der Waals surface area contributed by atoms with Gasteiger partial charge in [-0.1, -0.05) is 0 Å². The Morgan fingerprint density at radius 3 is 1.74 bits per heavy atom. The van der Waals surface area contributed by atoms with Gasteiger partial charge in [0.15, 0.2) is 0 Å². The first-order chi connectivity index (χ1) is 9.23. The normalized spacial score (nSPS) is 12.9. The SMILES string of the molecule is CCCC(CC[CH2][In]([CH2]CC)[CH2]CC)N(CC)CC. The van der Waals surface area contributed by atoms with E-state index in [4.69, 9.17) is 0 Å². The van der Waals surface area contributed by atoms with E-state index >= 15 is 0 Å². The molecule has 2 heteroatoms. The van der Waals surface area contributed by atoms with Crippen LogP contribution in [-0.2, 0) is 0 Å². The predicted molar refractivity (Wildman–Crippen MR) is 91.6 cm³/mol. The molecule has 0 saturated carbocycles. The molecule has 0 amide bonds. The van der Waals surface area contributed by atoms with Crippen LogP contribution in [0.3, 0.4) is 0 Å². The standard InChI is InChI=1S/C11H24N.2C3H7.In/c1-5-9-11(10-6-2)12(7-3)8-4;2*1-3-2;/h11H,1,5-10H2,2-4H3;2*1,3H2,2H3;. The van der Waals surface area contributed by atoms with Gasteiger partial charge in [-0.05, 0) is 0 Å². The molecule has 114 valence electrons. The first kappa shape index (κ1) is 19.8. The quantitative estimate of drug-likeness (QED) is 0.408. The molecule has 0 aliphatic carbocycles. The van der Waals surface area contributed by atoms with Gasteiger partial charge in [-0.15, -0.1) is 0 Å². The zero-order valence-electron chi connectivity index (χ0n) is 14.4. The Kier molecular flexibility index (Phi) is 14.4. The van der Waals surface area contributed by atoms with Gasteiger partial charge in [0.2, 0.25) is 0 Å². The van der Waals surface area contributed by atoms with E-state index in [0.717, 1.165) is 6.04 Å². The van der Waals surface area contributed by atoms with E-state index in [1.165, 1.54) is 51.6 Å². The van der Waals surface area contributed by atoms with Crippen molar-refractivity contribution >= 4 is 21.4 Å². The molecular formula is C17H38InN. The molecule has 0 radical (unpaired) electrons. The van der Waals surface area contributed by atoms with Gasteiger partial charge in [0, 0.05) is 0 Å². The summed E-state index contributed by atoms with van der Waals surface area (Å²) in [7, 11) is 0. The molecule has 1 atom stereocenters. The number of nitrogens with zero attached hydrogens (tertiary/aromatic N) is 1. The average molecular weight is 371 g/mol. The van der Waals surface area contributed by atoms with E-state index in [2.05, 4.69) is 39.5 Å². The van der Waals surface area contributed by atoms with Gasteiger partial charge >= 0.3 is 131 Å².